The van der Waals surface area contributed by atoms with Crippen molar-refractivity contribution in [3.63, 3.8) is 0 Å². The van der Waals surface area contributed by atoms with Gasteiger partial charge in [0, 0.05) is 13.0 Å². The van der Waals surface area contributed by atoms with E-state index in [-0.39, 0.29) is 41.7 Å². The second-order valence-electron chi connectivity index (χ2n) is 8.08. The lowest BCUT2D eigenvalue weighted by Gasteiger charge is -2.31. The van der Waals surface area contributed by atoms with Crippen molar-refractivity contribution in [2.75, 3.05) is 19.6 Å². The van der Waals surface area contributed by atoms with E-state index in [9.17, 15) is 35.9 Å². The van der Waals surface area contributed by atoms with Crippen molar-refractivity contribution >= 4 is 28.6 Å². The van der Waals surface area contributed by atoms with Crippen molar-refractivity contribution in [2.24, 2.45) is 10.9 Å². The van der Waals surface area contributed by atoms with Gasteiger partial charge in [0.05, 0.1) is 22.6 Å². The average molecular weight is 508 g/mol. The minimum atomic E-state index is -4.90. The molecule has 2 heterocycles. The minimum Gasteiger partial charge on any atom is -0.300 e. The Hall–Kier alpha value is -2.34. The third-order valence-electron chi connectivity index (χ3n) is 5.62. The second-order valence-corrected chi connectivity index (χ2v) is 9.10. The molecule has 0 spiro atoms. The lowest BCUT2D eigenvalue weighted by molar-refractivity contribution is -0.143. The molecule has 1 aromatic rings. The number of allylic oxidation sites excluding steroid dienone is 1. The first-order valence-corrected chi connectivity index (χ1v) is 11.4. The van der Waals surface area contributed by atoms with E-state index in [1.165, 1.54) is 0 Å². The maximum atomic E-state index is 13.4. The summed E-state index contributed by atoms with van der Waals surface area (Å²) in [6.07, 6.45) is -6.33. The Labute approximate surface area is 196 Å². The molecule has 0 aliphatic carbocycles. The molecule has 34 heavy (non-hydrogen) atoms. The van der Waals surface area contributed by atoms with Crippen LogP contribution in [0.5, 0.6) is 0 Å². The zero-order valence-electron chi connectivity index (χ0n) is 18.2. The average Bonchev–Trinajstić information content (AvgIpc) is 3.11. The Bertz CT molecular complexity index is 995. The first-order chi connectivity index (χ1) is 15.9. The largest absolute Gasteiger partial charge is 0.416 e. The van der Waals surface area contributed by atoms with Gasteiger partial charge in [-0.15, -0.1) is 0 Å². The van der Waals surface area contributed by atoms with E-state index >= 15 is 0 Å². The van der Waals surface area contributed by atoms with Gasteiger partial charge in [0.25, 0.3) is 5.24 Å². The molecule has 0 atom stereocenters. The number of likely N-dealkylation sites (tertiary alicyclic amines) is 1. The maximum absolute atomic E-state index is 13.4. The first-order valence-electron chi connectivity index (χ1n) is 10.6. The van der Waals surface area contributed by atoms with E-state index < -0.39 is 23.5 Å². The standard InChI is InChI=1S/C22H23F6N3O2S/c1-2-16(32)11-29-19-18(34-20(33)30-19)9-13-5-7-31(8-6-13)12-14-3-4-15(21(23,24)25)10-17(14)22(26,27)28/h3-4,9-10,13H,2,5-8,11-12H2,1H3,(H,29,30,33)/b18-9-. The zero-order valence-corrected chi connectivity index (χ0v) is 19.0. The number of amidine groups is 1. The van der Waals surface area contributed by atoms with Crippen molar-refractivity contribution in [3.8, 4) is 0 Å². The summed E-state index contributed by atoms with van der Waals surface area (Å²) in [4.78, 5) is 29.8. The Kier molecular flexibility index (Phi) is 8.12. The molecular formula is C22H23F6N3O2S. The number of ketones is 1. The number of rotatable bonds is 6. The second kappa shape index (κ2) is 10.5. The van der Waals surface area contributed by atoms with Crippen molar-refractivity contribution in [1.82, 2.24) is 10.2 Å². The number of amides is 1. The Morgan fingerprint density at radius 2 is 1.85 bits per heavy atom. The Balaban J connectivity index is 1.66. The maximum Gasteiger partial charge on any atom is 0.416 e. The van der Waals surface area contributed by atoms with E-state index in [1.807, 2.05) is 6.08 Å². The third-order valence-corrected chi connectivity index (χ3v) is 6.46. The molecule has 2 aliphatic rings. The van der Waals surface area contributed by atoms with Gasteiger partial charge < -0.3 is 5.32 Å². The number of hydrogen-bond donors (Lipinski definition) is 1. The molecule has 2 aliphatic heterocycles. The van der Waals surface area contributed by atoms with E-state index in [0.717, 1.165) is 17.8 Å². The molecule has 1 N–H and O–H groups in total. The van der Waals surface area contributed by atoms with Gasteiger partial charge in [0.2, 0.25) is 0 Å². The Morgan fingerprint density at radius 1 is 1.18 bits per heavy atom. The lowest BCUT2D eigenvalue weighted by atomic mass is 9.95. The van der Waals surface area contributed by atoms with Crippen LogP contribution in [-0.2, 0) is 23.7 Å². The monoisotopic (exact) mass is 507 g/mol. The fourth-order valence-corrected chi connectivity index (χ4v) is 4.55. The molecule has 3 rings (SSSR count). The number of aliphatic imine (C=N–C) groups is 1. The van der Waals surface area contributed by atoms with Gasteiger partial charge >= 0.3 is 12.4 Å². The molecule has 2 saturated heterocycles. The van der Waals surface area contributed by atoms with Gasteiger partial charge in [-0.25, -0.2) is 0 Å². The summed E-state index contributed by atoms with van der Waals surface area (Å²) in [6, 6.07) is 1.73. The summed E-state index contributed by atoms with van der Waals surface area (Å²) in [5.74, 6) is 0.333. The van der Waals surface area contributed by atoms with Crippen molar-refractivity contribution in [1.29, 1.82) is 0 Å². The number of hydrogen-bond acceptors (Lipinski definition) is 5. The van der Waals surface area contributed by atoms with Crippen LogP contribution in [-0.4, -0.2) is 41.4 Å². The van der Waals surface area contributed by atoms with Gasteiger partial charge in [0.1, 0.15) is 5.84 Å². The van der Waals surface area contributed by atoms with Gasteiger partial charge in [-0.3, -0.25) is 19.5 Å². The van der Waals surface area contributed by atoms with Crippen molar-refractivity contribution in [3.05, 3.63) is 45.9 Å². The summed E-state index contributed by atoms with van der Waals surface area (Å²) in [7, 11) is 0. The van der Waals surface area contributed by atoms with Crippen LogP contribution >= 0.6 is 11.8 Å². The predicted octanol–water partition coefficient (Wildman–Crippen LogP) is 5.65. The lowest BCUT2D eigenvalue weighted by Crippen LogP contribution is -2.33. The van der Waals surface area contributed by atoms with Gasteiger partial charge in [-0.2, -0.15) is 26.3 Å². The van der Waals surface area contributed by atoms with Crippen LogP contribution in [0.15, 0.2) is 34.2 Å². The smallest absolute Gasteiger partial charge is 0.300 e. The molecule has 2 fully saturated rings. The zero-order chi connectivity index (χ0) is 25.1. The predicted molar refractivity (Wildman–Crippen MR) is 116 cm³/mol. The van der Waals surface area contributed by atoms with Crippen LogP contribution in [0.25, 0.3) is 0 Å². The highest BCUT2D eigenvalue weighted by molar-refractivity contribution is 8.18. The van der Waals surface area contributed by atoms with E-state index in [1.54, 1.807) is 11.8 Å². The van der Waals surface area contributed by atoms with Crippen LogP contribution in [0.2, 0.25) is 0 Å². The number of piperidine rings is 1. The first kappa shape index (κ1) is 26.3. The molecule has 186 valence electrons. The molecular weight excluding hydrogens is 484 g/mol. The summed E-state index contributed by atoms with van der Waals surface area (Å²) in [5.41, 5.74) is -2.81. The number of halogens is 6. The topological polar surface area (TPSA) is 61.8 Å². The Morgan fingerprint density at radius 3 is 2.44 bits per heavy atom. The highest BCUT2D eigenvalue weighted by atomic mass is 32.2. The highest BCUT2D eigenvalue weighted by Gasteiger charge is 2.38. The quantitative estimate of drug-likeness (QED) is 0.506. The van der Waals surface area contributed by atoms with Crippen LogP contribution in [0, 0.1) is 5.92 Å². The minimum absolute atomic E-state index is 0.0306. The van der Waals surface area contributed by atoms with E-state index in [0.29, 0.717) is 49.2 Å². The normalized spacial score (nSPS) is 20.9. The summed E-state index contributed by atoms with van der Waals surface area (Å²) in [5, 5.41) is 2.31. The van der Waals surface area contributed by atoms with Gasteiger partial charge in [0.15, 0.2) is 5.78 Å². The molecule has 0 radical (unpaired) electrons. The molecule has 12 heteroatoms. The highest BCUT2D eigenvalue weighted by Crippen LogP contribution is 2.38. The number of Topliss-reactive ketones (excluding diaryl/α,β-unsaturated/α-hetero) is 1. The molecule has 0 saturated carbocycles. The van der Waals surface area contributed by atoms with Gasteiger partial charge in [-0.05, 0) is 61.3 Å². The van der Waals surface area contributed by atoms with E-state index in [2.05, 4.69) is 10.3 Å². The molecule has 0 aromatic heterocycles. The summed E-state index contributed by atoms with van der Waals surface area (Å²) >= 11 is 0.976. The SMILES string of the molecule is CCC(=O)CN=C1NC(=O)S/C1=C\C1CCN(Cc2ccc(C(F)(F)F)cc2C(F)(F)F)CC1. The van der Waals surface area contributed by atoms with Crippen LogP contribution in [0.4, 0.5) is 31.1 Å². The van der Waals surface area contributed by atoms with Crippen LogP contribution in [0.1, 0.15) is 42.9 Å². The number of nitrogens with zero attached hydrogens (tertiary/aromatic N) is 2. The fourth-order valence-electron chi connectivity index (χ4n) is 3.73. The molecule has 1 amide bonds. The van der Waals surface area contributed by atoms with Gasteiger partial charge in [-0.1, -0.05) is 19.1 Å². The number of benzene rings is 1. The van der Waals surface area contributed by atoms with Crippen molar-refractivity contribution in [2.45, 2.75) is 45.1 Å². The summed E-state index contributed by atoms with van der Waals surface area (Å²) < 4.78 is 78.8. The van der Waals surface area contributed by atoms with Crippen LogP contribution < -0.4 is 5.32 Å². The van der Waals surface area contributed by atoms with E-state index in [4.69, 9.17) is 0 Å². The number of alkyl halides is 6. The number of thioether (sulfide) groups is 1. The third kappa shape index (κ3) is 6.84. The molecule has 0 unspecified atom stereocenters. The molecule has 5 nitrogen and oxygen atoms in total. The number of nitrogens with one attached hydrogen (secondary N) is 1. The van der Waals surface area contributed by atoms with Crippen molar-refractivity contribution < 1.29 is 35.9 Å². The number of carbonyl (C=O) groups is 2. The molecule has 1 aromatic carbocycles. The fraction of sp³-hybridized carbons (Fsp3) is 0.500. The molecule has 0 bridgehead atoms. The number of carbonyl (C=O) groups excluding carboxylic acids is 2. The van der Waals surface area contributed by atoms with Crippen LogP contribution in [0.3, 0.4) is 0 Å². The summed E-state index contributed by atoms with van der Waals surface area (Å²) in [6.45, 7) is 2.46.